The van der Waals surface area contributed by atoms with E-state index in [9.17, 15) is 14.9 Å². The fraction of sp³-hybridized carbons (Fsp3) is 0.500. The molecular weight excluding hydrogens is 260 g/mol. The monoisotopic (exact) mass is 280 g/mol. The summed E-state index contributed by atoms with van der Waals surface area (Å²) < 4.78 is 5.36. The molecule has 0 aliphatic carbocycles. The highest BCUT2D eigenvalue weighted by atomic mass is 16.6. The van der Waals surface area contributed by atoms with E-state index in [0.717, 1.165) is 0 Å². The second kappa shape index (κ2) is 7.59. The van der Waals surface area contributed by atoms with Crippen molar-refractivity contribution in [3.63, 3.8) is 0 Å². The highest BCUT2D eigenvalue weighted by Crippen LogP contribution is 2.19. The third-order valence-electron chi connectivity index (χ3n) is 2.73. The predicted molar refractivity (Wildman–Crippen MR) is 75.9 cm³/mol. The Labute approximate surface area is 118 Å². The van der Waals surface area contributed by atoms with E-state index >= 15 is 0 Å². The number of nitro groups is 1. The van der Waals surface area contributed by atoms with E-state index < -0.39 is 4.92 Å². The molecule has 0 spiro atoms. The number of ether oxygens (including phenoxy) is 1. The van der Waals surface area contributed by atoms with Gasteiger partial charge in [-0.2, -0.15) is 0 Å². The molecule has 0 saturated heterocycles. The zero-order valence-electron chi connectivity index (χ0n) is 12.0. The molecule has 0 saturated carbocycles. The van der Waals surface area contributed by atoms with E-state index in [-0.39, 0.29) is 17.7 Å². The van der Waals surface area contributed by atoms with Crippen molar-refractivity contribution in [2.45, 2.75) is 33.3 Å². The average molecular weight is 280 g/mol. The summed E-state index contributed by atoms with van der Waals surface area (Å²) >= 11 is 0. The number of nitro benzene ring substituents is 1. The highest BCUT2D eigenvalue weighted by Gasteiger charge is 2.14. The molecule has 1 rings (SSSR count). The first-order valence-corrected chi connectivity index (χ1v) is 6.56. The van der Waals surface area contributed by atoms with Crippen LogP contribution in [0.2, 0.25) is 0 Å². The van der Waals surface area contributed by atoms with E-state index in [0.29, 0.717) is 30.7 Å². The lowest BCUT2D eigenvalue weighted by Gasteiger charge is -2.08. The van der Waals surface area contributed by atoms with Crippen molar-refractivity contribution in [3.8, 4) is 0 Å². The standard InChI is InChI=1S/C14H20N2O4/c1-10(2)20-8-4-7-15-14(17)12-6-5-11(3)13(9-12)16(18)19/h5-6,9-10H,4,7-8H2,1-3H3,(H,15,17). The van der Waals surface area contributed by atoms with E-state index in [1.165, 1.54) is 6.07 Å². The van der Waals surface area contributed by atoms with Gasteiger partial charge in [0.25, 0.3) is 11.6 Å². The number of hydrogen-bond donors (Lipinski definition) is 1. The molecule has 0 radical (unpaired) electrons. The molecule has 0 atom stereocenters. The maximum absolute atomic E-state index is 11.9. The Morgan fingerprint density at radius 2 is 2.15 bits per heavy atom. The lowest BCUT2D eigenvalue weighted by molar-refractivity contribution is -0.385. The average Bonchev–Trinajstić information content (AvgIpc) is 2.37. The topological polar surface area (TPSA) is 81.5 Å². The summed E-state index contributed by atoms with van der Waals surface area (Å²) in [6.07, 6.45) is 0.878. The fourth-order valence-electron chi connectivity index (χ4n) is 1.64. The molecule has 110 valence electrons. The third-order valence-corrected chi connectivity index (χ3v) is 2.73. The Hall–Kier alpha value is -1.95. The zero-order chi connectivity index (χ0) is 15.1. The Morgan fingerprint density at radius 3 is 2.75 bits per heavy atom. The lowest BCUT2D eigenvalue weighted by Crippen LogP contribution is -2.25. The van der Waals surface area contributed by atoms with Crippen molar-refractivity contribution in [2.24, 2.45) is 0 Å². The smallest absolute Gasteiger partial charge is 0.273 e. The summed E-state index contributed by atoms with van der Waals surface area (Å²) in [6, 6.07) is 4.46. The maximum atomic E-state index is 11.9. The molecule has 0 aromatic heterocycles. The van der Waals surface area contributed by atoms with Gasteiger partial charge in [-0.1, -0.05) is 6.07 Å². The SMILES string of the molecule is Cc1ccc(C(=O)NCCCOC(C)C)cc1[N+](=O)[O-]. The number of carbonyl (C=O) groups is 1. The number of aryl methyl sites for hydroxylation is 1. The van der Waals surface area contributed by atoms with Crippen LogP contribution in [0.4, 0.5) is 5.69 Å². The number of amides is 1. The van der Waals surface area contributed by atoms with Gasteiger partial charge in [0, 0.05) is 30.3 Å². The van der Waals surface area contributed by atoms with Gasteiger partial charge in [-0.25, -0.2) is 0 Å². The minimum atomic E-state index is -0.484. The second-order valence-corrected chi connectivity index (χ2v) is 4.79. The molecule has 0 aliphatic heterocycles. The molecule has 0 fully saturated rings. The molecule has 20 heavy (non-hydrogen) atoms. The van der Waals surface area contributed by atoms with Crippen LogP contribution in [-0.2, 0) is 4.74 Å². The summed E-state index contributed by atoms with van der Waals surface area (Å²) in [5.74, 6) is -0.308. The van der Waals surface area contributed by atoms with Crippen molar-refractivity contribution in [1.82, 2.24) is 5.32 Å². The molecule has 6 heteroatoms. The summed E-state index contributed by atoms with van der Waals surface area (Å²) in [6.45, 7) is 6.59. The number of nitrogens with one attached hydrogen (secondary N) is 1. The molecule has 0 heterocycles. The van der Waals surface area contributed by atoms with E-state index in [2.05, 4.69) is 5.32 Å². The molecule has 0 aliphatic rings. The first-order chi connectivity index (χ1) is 9.41. The number of nitrogens with zero attached hydrogens (tertiary/aromatic N) is 1. The summed E-state index contributed by atoms with van der Waals surface area (Å²) in [4.78, 5) is 22.2. The first kappa shape index (κ1) is 16.1. The number of benzene rings is 1. The van der Waals surface area contributed by atoms with Gasteiger partial charge in [-0.3, -0.25) is 14.9 Å². The molecule has 0 bridgehead atoms. The Balaban J connectivity index is 2.51. The maximum Gasteiger partial charge on any atom is 0.273 e. The molecule has 6 nitrogen and oxygen atoms in total. The van der Waals surface area contributed by atoms with E-state index in [4.69, 9.17) is 4.74 Å². The molecular formula is C14H20N2O4. The van der Waals surface area contributed by atoms with Crippen LogP contribution < -0.4 is 5.32 Å². The molecule has 1 aromatic carbocycles. The first-order valence-electron chi connectivity index (χ1n) is 6.56. The van der Waals surface area contributed by atoms with Gasteiger partial charge in [-0.05, 0) is 33.3 Å². The van der Waals surface area contributed by atoms with Crippen molar-refractivity contribution in [3.05, 3.63) is 39.4 Å². The third kappa shape index (κ3) is 4.97. The van der Waals surface area contributed by atoms with Crippen LogP contribution in [-0.4, -0.2) is 30.1 Å². The van der Waals surface area contributed by atoms with Gasteiger partial charge in [0.1, 0.15) is 0 Å². The van der Waals surface area contributed by atoms with Crippen molar-refractivity contribution >= 4 is 11.6 Å². The Bertz CT molecular complexity index is 486. The van der Waals surface area contributed by atoms with Crippen molar-refractivity contribution < 1.29 is 14.5 Å². The highest BCUT2D eigenvalue weighted by molar-refractivity contribution is 5.94. The molecule has 0 unspecified atom stereocenters. The number of rotatable bonds is 7. The fourth-order valence-corrected chi connectivity index (χ4v) is 1.64. The molecule has 1 N–H and O–H groups in total. The summed E-state index contributed by atoms with van der Waals surface area (Å²) in [7, 11) is 0. The normalized spacial score (nSPS) is 10.6. The summed E-state index contributed by atoms with van der Waals surface area (Å²) in [5.41, 5.74) is 0.796. The predicted octanol–water partition coefficient (Wildman–Crippen LogP) is 2.45. The van der Waals surface area contributed by atoms with Gasteiger partial charge in [0.2, 0.25) is 0 Å². The van der Waals surface area contributed by atoms with Gasteiger partial charge in [0.15, 0.2) is 0 Å². The van der Waals surface area contributed by atoms with Gasteiger partial charge in [-0.15, -0.1) is 0 Å². The van der Waals surface area contributed by atoms with Gasteiger partial charge < -0.3 is 10.1 Å². The van der Waals surface area contributed by atoms with Crippen LogP contribution in [0.1, 0.15) is 36.2 Å². The van der Waals surface area contributed by atoms with Crippen molar-refractivity contribution in [2.75, 3.05) is 13.2 Å². The second-order valence-electron chi connectivity index (χ2n) is 4.79. The van der Waals surface area contributed by atoms with Crippen LogP contribution in [0.3, 0.4) is 0 Å². The quantitative estimate of drug-likeness (QED) is 0.472. The Morgan fingerprint density at radius 1 is 1.45 bits per heavy atom. The molecule has 1 amide bonds. The lowest BCUT2D eigenvalue weighted by atomic mass is 10.1. The largest absolute Gasteiger partial charge is 0.379 e. The zero-order valence-corrected chi connectivity index (χ0v) is 12.0. The minimum Gasteiger partial charge on any atom is -0.379 e. The molecule has 1 aromatic rings. The van der Waals surface area contributed by atoms with Crippen LogP contribution in [0.15, 0.2) is 18.2 Å². The van der Waals surface area contributed by atoms with Crippen LogP contribution in [0.25, 0.3) is 0 Å². The number of carbonyl (C=O) groups excluding carboxylic acids is 1. The van der Waals surface area contributed by atoms with Crippen LogP contribution in [0, 0.1) is 17.0 Å². The summed E-state index contributed by atoms with van der Waals surface area (Å²) in [5, 5.41) is 13.5. The van der Waals surface area contributed by atoms with Crippen LogP contribution in [0.5, 0.6) is 0 Å². The van der Waals surface area contributed by atoms with Crippen molar-refractivity contribution in [1.29, 1.82) is 0 Å². The van der Waals surface area contributed by atoms with Gasteiger partial charge in [0.05, 0.1) is 11.0 Å². The minimum absolute atomic E-state index is 0.0409. The van der Waals surface area contributed by atoms with Crippen LogP contribution >= 0.6 is 0 Å². The Kier molecular flexibility index (Phi) is 6.11. The number of hydrogen-bond acceptors (Lipinski definition) is 4. The van der Waals surface area contributed by atoms with E-state index in [1.807, 2.05) is 13.8 Å². The van der Waals surface area contributed by atoms with Gasteiger partial charge >= 0.3 is 0 Å². The van der Waals surface area contributed by atoms with E-state index in [1.54, 1.807) is 19.1 Å².